The number of aliphatic hydroxyl groups is 1. The summed E-state index contributed by atoms with van der Waals surface area (Å²) in [7, 11) is 0. The van der Waals surface area contributed by atoms with Crippen LogP contribution in [0.1, 0.15) is 13.8 Å². The highest BCUT2D eigenvalue weighted by molar-refractivity contribution is 5.71. The van der Waals surface area contributed by atoms with Gasteiger partial charge in [0.05, 0.1) is 12.7 Å². The maximum Gasteiger partial charge on any atom is 0.312 e. The molecule has 0 aliphatic rings. The Morgan fingerprint density at radius 2 is 2.06 bits per heavy atom. The van der Waals surface area contributed by atoms with Gasteiger partial charge in [-0.25, -0.2) is 4.79 Å². The minimum absolute atomic E-state index is 0.328. The number of hydrogen-bond donors (Lipinski definition) is 4. The van der Waals surface area contributed by atoms with Crippen molar-refractivity contribution in [3.05, 3.63) is 0 Å². The molecule has 2 amide bonds. The molecule has 1 atom stereocenters. The van der Waals surface area contributed by atoms with E-state index in [-0.39, 0.29) is 0 Å². The number of rotatable bonds is 9. The second-order valence-corrected chi connectivity index (χ2v) is 4.08. The van der Waals surface area contributed by atoms with Gasteiger partial charge in [0.2, 0.25) is 0 Å². The maximum atomic E-state index is 10.3. The summed E-state index contributed by atoms with van der Waals surface area (Å²) in [6, 6.07) is -0.539. The minimum Gasteiger partial charge on any atom is -0.389 e. The van der Waals surface area contributed by atoms with E-state index in [1.807, 2.05) is 0 Å². The van der Waals surface area contributed by atoms with Crippen LogP contribution in [-0.2, 0) is 4.74 Å². The van der Waals surface area contributed by atoms with Crippen molar-refractivity contribution < 1.29 is 14.6 Å². The molecule has 1 unspecified atom stereocenters. The molecule has 0 bridgehead atoms. The molecule has 0 fully saturated rings. The van der Waals surface area contributed by atoms with Gasteiger partial charge in [0, 0.05) is 26.2 Å². The lowest BCUT2D eigenvalue weighted by atomic mass is 10.2. The summed E-state index contributed by atoms with van der Waals surface area (Å²) in [5.74, 6) is 0.472. The number of primary amides is 1. The largest absolute Gasteiger partial charge is 0.389 e. The molecule has 0 aromatic heterocycles. The van der Waals surface area contributed by atoms with Gasteiger partial charge in [-0.15, -0.1) is 0 Å². The first-order chi connectivity index (χ1) is 7.52. The van der Waals surface area contributed by atoms with E-state index in [9.17, 15) is 9.90 Å². The fraction of sp³-hybridized carbons (Fsp3) is 0.900. The highest BCUT2D eigenvalue weighted by atomic mass is 16.5. The van der Waals surface area contributed by atoms with Crippen LogP contribution in [0.25, 0.3) is 0 Å². The van der Waals surface area contributed by atoms with Crippen molar-refractivity contribution in [2.45, 2.75) is 20.0 Å². The van der Waals surface area contributed by atoms with Crippen LogP contribution >= 0.6 is 0 Å². The molecule has 0 aliphatic heterocycles. The molecule has 96 valence electrons. The van der Waals surface area contributed by atoms with E-state index in [2.05, 4.69) is 24.5 Å². The topological polar surface area (TPSA) is 96.6 Å². The Hall–Kier alpha value is -0.850. The lowest BCUT2D eigenvalue weighted by molar-refractivity contribution is 0.0263. The number of ether oxygens (including phenoxy) is 1. The summed E-state index contributed by atoms with van der Waals surface area (Å²) < 4.78 is 5.27. The molecular formula is C10H23N3O3. The van der Waals surface area contributed by atoms with Gasteiger partial charge < -0.3 is 26.2 Å². The average molecular weight is 233 g/mol. The summed E-state index contributed by atoms with van der Waals surface area (Å²) in [5, 5.41) is 14.9. The number of nitrogens with two attached hydrogens (primary N) is 1. The Morgan fingerprint density at radius 3 is 2.62 bits per heavy atom. The Labute approximate surface area is 96.5 Å². The van der Waals surface area contributed by atoms with Crippen LogP contribution in [0.2, 0.25) is 0 Å². The highest BCUT2D eigenvalue weighted by Gasteiger charge is 2.04. The average Bonchev–Trinajstić information content (AvgIpc) is 2.16. The predicted octanol–water partition coefficient (Wildman–Crippen LogP) is -0.722. The number of aliphatic hydroxyl groups excluding tert-OH is 1. The molecular weight excluding hydrogens is 210 g/mol. The molecule has 6 heteroatoms. The van der Waals surface area contributed by atoms with Crippen LogP contribution in [0.4, 0.5) is 4.79 Å². The third-order valence-electron chi connectivity index (χ3n) is 1.74. The zero-order chi connectivity index (χ0) is 12.4. The van der Waals surface area contributed by atoms with Gasteiger partial charge in [-0.1, -0.05) is 13.8 Å². The molecule has 0 spiro atoms. The smallest absolute Gasteiger partial charge is 0.312 e. The Kier molecular flexibility index (Phi) is 8.88. The van der Waals surface area contributed by atoms with E-state index < -0.39 is 12.1 Å². The van der Waals surface area contributed by atoms with Crippen molar-refractivity contribution in [3.63, 3.8) is 0 Å². The van der Waals surface area contributed by atoms with Gasteiger partial charge >= 0.3 is 6.03 Å². The molecule has 0 radical (unpaired) electrons. The Morgan fingerprint density at radius 1 is 1.38 bits per heavy atom. The Balaban J connectivity index is 3.23. The molecule has 0 aliphatic carbocycles. The third kappa shape index (κ3) is 11.2. The molecule has 0 aromatic rings. The van der Waals surface area contributed by atoms with Crippen molar-refractivity contribution in [1.29, 1.82) is 0 Å². The van der Waals surface area contributed by atoms with Crippen LogP contribution in [0, 0.1) is 5.92 Å². The van der Waals surface area contributed by atoms with E-state index in [0.29, 0.717) is 38.8 Å². The fourth-order valence-corrected chi connectivity index (χ4v) is 1.04. The van der Waals surface area contributed by atoms with Gasteiger partial charge in [0.25, 0.3) is 0 Å². The molecule has 0 rings (SSSR count). The quantitative estimate of drug-likeness (QED) is 0.395. The van der Waals surface area contributed by atoms with Gasteiger partial charge in [-0.05, 0) is 5.92 Å². The number of carbonyl (C=O) groups excluding carboxylic acids is 1. The van der Waals surface area contributed by atoms with Crippen molar-refractivity contribution in [2.24, 2.45) is 11.7 Å². The predicted molar refractivity (Wildman–Crippen MR) is 62.1 cm³/mol. The van der Waals surface area contributed by atoms with Crippen LogP contribution in [-0.4, -0.2) is 50.1 Å². The molecule has 5 N–H and O–H groups in total. The summed E-state index contributed by atoms with van der Waals surface area (Å²) >= 11 is 0. The zero-order valence-electron chi connectivity index (χ0n) is 10.0. The first-order valence-corrected chi connectivity index (χ1v) is 5.52. The fourth-order valence-electron chi connectivity index (χ4n) is 1.04. The van der Waals surface area contributed by atoms with E-state index >= 15 is 0 Å². The number of nitrogens with one attached hydrogen (secondary N) is 2. The highest BCUT2D eigenvalue weighted by Crippen LogP contribution is 1.93. The van der Waals surface area contributed by atoms with Crippen LogP contribution in [0.5, 0.6) is 0 Å². The monoisotopic (exact) mass is 233 g/mol. The standard InChI is InChI=1S/C10H23N3O3/c1-8(2)6-16-7-9(14)5-12-3-4-13-10(11)15/h8-9,12,14H,3-7H2,1-2H3,(H3,11,13,15). The summed E-state index contributed by atoms with van der Waals surface area (Å²) in [4.78, 5) is 10.3. The molecule has 0 heterocycles. The lowest BCUT2D eigenvalue weighted by Crippen LogP contribution is -2.38. The number of carbonyl (C=O) groups is 1. The van der Waals surface area contributed by atoms with Crippen molar-refractivity contribution in [2.75, 3.05) is 32.8 Å². The number of amides is 2. The summed E-state index contributed by atoms with van der Waals surface area (Å²) in [5.41, 5.74) is 4.88. The third-order valence-corrected chi connectivity index (χ3v) is 1.74. The van der Waals surface area contributed by atoms with E-state index in [4.69, 9.17) is 10.5 Å². The zero-order valence-corrected chi connectivity index (χ0v) is 10.0. The van der Waals surface area contributed by atoms with Gasteiger partial charge in [-0.2, -0.15) is 0 Å². The maximum absolute atomic E-state index is 10.3. The van der Waals surface area contributed by atoms with E-state index in [0.717, 1.165) is 0 Å². The minimum atomic E-state index is -0.539. The molecule has 0 saturated carbocycles. The van der Waals surface area contributed by atoms with Crippen molar-refractivity contribution in [3.8, 4) is 0 Å². The molecule has 16 heavy (non-hydrogen) atoms. The molecule has 6 nitrogen and oxygen atoms in total. The molecule has 0 saturated heterocycles. The lowest BCUT2D eigenvalue weighted by Gasteiger charge is -2.13. The second-order valence-electron chi connectivity index (χ2n) is 4.08. The van der Waals surface area contributed by atoms with Crippen LogP contribution in [0.3, 0.4) is 0 Å². The second kappa shape index (κ2) is 9.38. The van der Waals surface area contributed by atoms with Crippen LogP contribution < -0.4 is 16.4 Å². The van der Waals surface area contributed by atoms with Crippen LogP contribution in [0.15, 0.2) is 0 Å². The van der Waals surface area contributed by atoms with E-state index in [1.165, 1.54) is 0 Å². The number of urea groups is 1. The first-order valence-electron chi connectivity index (χ1n) is 5.52. The normalized spacial score (nSPS) is 12.8. The number of hydrogen-bond acceptors (Lipinski definition) is 4. The SMILES string of the molecule is CC(C)COCC(O)CNCCNC(N)=O. The van der Waals surface area contributed by atoms with Crippen molar-refractivity contribution >= 4 is 6.03 Å². The van der Waals surface area contributed by atoms with Crippen molar-refractivity contribution in [1.82, 2.24) is 10.6 Å². The van der Waals surface area contributed by atoms with E-state index in [1.54, 1.807) is 0 Å². The molecule has 0 aromatic carbocycles. The van der Waals surface area contributed by atoms with Gasteiger partial charge in [0.15, 0.2) is 0 Å². The van der Waals surface area contributed by atoms with Gasteiger partial charge in [0.1, 0.15) is 0 Å². The van der Waals surface area contributed by atoms with Gasteiger partial charge in [-0.3, -0.25) is 0 Å². The summed E-state index contributed by atoms with van der Waals surface area (Å²) in [6.45, 7) is 6.56. The first kappa shape index (κ1) is 15.2. The summed E-state index contributed by atoms with van der Waals surface area (Å²) in [6.07, 6.45) is -0.521. The Bertz CT molecular complexity index is 188.